The van der Waals surface area contributed by atoms with Crippen LogP contribution in [0.1, 0.15) is 335 Å². The van der Waals surface area contributed by atoms with Gasteiger partial charge < -0.3 is 13.7 Å². The highest BCUT2D eigenvalue weighted by Gasteiger charge is 2.41. The van der Waals surface area contributed by atoms with Crippen LogP contribution >= 0.6 is 0 Å². The molecule has 0 atom stereocenters. The molecule has 0 N–H and O–H groups in total. The highest BCUT2D eigenvalue weighted by molar-refractivity contribution is 6.21. The lowest BCUT2D eigenvalue weighted by Crippen LogP contribution is -2.18. The van der Waals surface area contributed by atoms with Gasteiger partial charge >= 0.3 is 0 Å². The zero-order valence-corrected chi connectivity index (χ0v) is 93.2. The molecule has 738 valence electrons. The van der Waals surface area contributed by atoms with Gasteiger partial charge in [-0.2, -0.15) is 0 Å². The molecule has 3 heterocycles. The molecule has 0 aliphatic heterocycles. The molecule has 16 aromatic carbocycles. The second-order valence-electron chi connectivity index (χ2n) is 53.5. The molecule has 0 fully saturated rings. The van der Waals surface area contributed by atoms with Gasteiger partial charge in [0.2, 0.25) is 0 Å². The molecule has 21 rings (SSSR count). The Morgan fingerprint density at radius 3 is 0.745 bits per heavy atom. The van der Waals surface area contributed by atoms with Crippen molar-refractivity contribution in [2.75, 3.05) is 0 Å². The van der Waals surface area contributed by atoms with Gasteiger partial charge in [0.15, 0.2) is 0 Å². The summed E-state index contributed by atoms with van der Waals surface area (Å²) in [6, 6.07) is 125. The van der Waals surface area contributed by atoms with Gasteiger partial charge in [-0.05, 0) is 283 Å². The largest absolute Gasteiger partial charge is 0.309 e. The summed E-state index contributed by atoms with van der Waals surface area (Å²) < 4.78 is 7.53. The van der Waals surface area contributed by atoms with Crippen LogP contribution in [0.2, 0.25) is 0 Å². The highest BCUT2D eigenvalue weighted by Crippen LogP contribution is 2.58. The maximum atomic E-state index is 2.52. The summed E-state index contributed by atoms with van der Waals surface area (Å²) in [7, 11) is 0. The summed E-state index contributed by atoms with van der Waals surface area (Å²) in [4.78, 5) is 0. The molecule has 0 saturated heterocycles. The van der Waals surface area contributed by atoms with Crippen LogP contribution in [-0.2, 0) is 59.6 Å². The van der Waals surface area contributed by atoms with E-state index in [-0.39, 0.29) is 71.4 Å². The van der Waals surface area contributed by atoms with Crippen LogP contribution in [0.15, 0.2) is 328 Å². The first kappa shape index (κ1) is 101. The lowest BCUT2D eigenvalue weighted by molar-refractivity contribution is 0.567. The monoisotopic (exact) mass is 1900 g/mol. The summed E-state index contributed by atoms with van der Waals surface area (Å²) in [5, 5.41) is 8.11. The second kappa shape index (κ2) is 36.0. The van der Waals surface area contributed by atoms with Gasteiger partial charge in [-0.25, -0.2) is 0 Å². The Morgan fingerprint density at radius 2 is 0.414 bits per heavy atom. The standard InChI is InChI=1S/C57H65N.C49H49N.C36H41N/c1-53(2,3)36-24-26-42-45(33-36)46-34-37(54(4,5)6)25-27-43(46)49(42)44-28-29-48-51(52(44)57(13,14)15)50-41(22-19-23-47(50)58(48)40-20-17-16-18-21-40)35-30-38(55(7,8)9)32-39(31-35)56(10,11)12;1-47(2,3)32-28-31(29-33(30-32)48(4,5)6)35-24-17-25-41-44(35)45-42(50(41)34-18-11-10-12-19-34)27-26-40(46(45)49(7,8)9)43-38-22-15-13-20-36(38)37-21-14-16-23-39(37)43;1-34(2,3)25-21-26(35(4,5)6)23-27(22-25)37-30-19-13-17-28(24-15-11-10-12-16-24)32(30)33-29(36(7,8)9)18-14-20-31(33)37/h16-34,49H,1-15H3;10-30,43H,1-9H3;10-23H,1-9H3. The van der Waals surface area contributed by atoms with Crippen molar-refractivity contribution < 1.29 is 0 Å². The quantitative estimate of drug-likeness (QED) is 0.144. The highest BCUT2D eigenvalue weighted by atomic mass is 15.0. The first-order chi connectivity index (χ1) is 67.9. The summed E-state index contributed by atoms with van der Waals surface area (Å²) in [5.74, 6) is 0.283. The van der Waals surface area contributed by atoms with Crippen LogP contribution in [0.5, 0.6) is 0 Å². The van der Waals surface area contributed by atoms with E-state index in [0.29, 0.717) is 0 Å². The molecule has 3 aromatic heterocycles. The van der Waals surface area contributed by atoms with E-state index in [1.807, 2.05) is 0 Å². The smallest absolute Gasteiger partial charge is 0.0547 e. The Kier molecular flexibility index (Phi) is 24.9. The molecule has 19 aromatic rings. The minimum absolute atomic E-state index is 0.00858. The van der Waals surface area contributed by atoms with Crippen LogP contribution in [0.25, 0.3) is 138 Å². The van der Waals surface area contributed by atoms with Crippen molar-refractivity contribution in [3.63, 3.8) is 0 Å². The Labute approximate surface area is 867 Å². The van der Waals surface area contributed by atoms with E-state index in [0.717, 1.165) is 0 Å². The average Bonchev–Trinajstić information content (AvgIpc) is 1.54. The lowest BCUT2D eigenvalue weighted by Gasteiger charge is -2.29. The third kappa shape index (κ3) is 18.5. The van der Waals surface area contributed by atoms with E-state index >= 15 is 0 Å². The molecule has 0 unspecified atom stereocenters. The molecule has 0 spiro atoms. The topological polar surface area (TPSA) is 14.8 Å². The summed E-state index contributed by atoms with van der Waals surface area (Å²) in [6.07, 6.45) is 0. The van der Waals surface area contributed by atoms with E-state index in [1.165, 1.54) is 233 Å². The summed E-state index contributed by atoms with van der Waals surface area (Å²) in [5.41, 5.74) is 48.1. The predicted octanol–water partition coefficient (Wildman–Crippen LogP) is 39.9. The van der Waals surface area contributed by atoms with Gasteiger partial charge in [0, 0.05) is 61.2 Å². The van der Waals surface area contributed by atoms with Crippen LogP contribution in [-0.4, -0.2) is 13.7 Å². The molecule has 0 saturated carbocycles. The molecule has 2 aliphatic rings. The van der Waals surface area contributed by atoms with Crippen LogP contribution in [0.3, 0.4) is 0 Å². The van der Waals surface area contributed by atoms with E-state index in [9.17, 15) is 0 Å². The SMILES string of the molecule is CC(C)(C)c1cc(-c2cccc3c2c2c(C(C)(C)C)c(C4c5ccc(C(C)(C)C)cc5-c5cc(C(C)(C)C)ccc54)ccc2n3-c2ccccc2)cc(C(C)(C)C)c1.CC(C)(C)c1cc(-c2cccc3c2c2c(C(C)(C)C)c(C4c5ccccc5-c5ccccc54)ccc2n3-c2ccccc2)cc(C(C)(C)C)c1.CC(C)(C)c1cc(-n2c3cccc(-c4ccccc4)c3c3c(C(C)(C)C)cccc32)cc(C(C)(C)C)c1. The van der Waals surface area contributed by atoms with E-state index in [2.05, 4.69) is 570 Å². The predicted molar refractivity (Wildman–Crippen MR) is 630 cm³/mol. The fraction of sp³-hybridized carbons (Fsp3) is 0.324. The van der Waals surface area contributed by atoms with E-state index in [1.54, 1.807) is 0 Å². The van der Waals surface area contributed by atoms with Crippen LogP contribution < -0.4 is 0 Å². The Balaban J connectivity index is 0.000000141. The summed E-state index contributed by atoms with van der Waals surface area (Å²) >= 11 is 0. The molecular formula is C142H155N3. The van der Waals surface area contributed by atoms with Gasteiger partial charge in [-0.3, -0.25) is 0 Å². The maximum absolute atomic E-state index is 2.52. The van der Waals surface area contributed by atoms with Crippen molar-refractivity contribution in [2.24, 2.45) is 0 Å². The van der Waals surface area contributed by atoms with Gasteiger partial charge in [-0.15, -0.1) is 0 Å². The number of fused-ring (bicyclic) bond motifs is 15. The molecule has 0 amide bonds. The van der Waals surface area contributed by atoms with Crippen molar-refractivity contribution in [1.82, 2.24) is 13.7 Å². The minimum Gasteiger partial charge on any atom is -0.309 e. The van der Waals surface area contributed by atoms with Crippen molar-refractivity contribution in [1.29, 1.82) is 0 Å². The number of rotatable bonds is 8. The third-order valence-corrected chi connectivity index (χ3v) is 31.3. The normalized spacial score (nSPS) is 13.6. The van der Waals surface area contributed by atoms with Crippen molar-refractivity contribution in [3.05, 3.63) is 422 Å². The Bertz CT molecular complexity index is 8040. The van der Waals surface area contributed by atoms with Crippen LogP contribution in [0.4, 0.5) is 0 Å². The first-order valence-corrected chi connectivity index (χ1v) is 53.4. The minimum atomic E-state index is -0.165. The number of hydrogen-bond acceptors (Lipinski definition) is 0. The zero-order valence-electron chi connectivity index (χ0n) is 93.2. The first-order valence-electron chi connectivity index (χ1n) is 53.4. The van der Waals surface area contributed by atoms with Gasteiger partial charge in [0.25, 0.3) is 0 Å². The molecule has 0 radical (unpaired) electrons. The lowest BCUT2D eigenvalue weighted by atomic mass is 9.74. The second-order valence-corrected chi connectivity index (χ2v) is 53.5. The van der Waals surface area contributed by atoms with Gasteiger partial charge in [0.05, 0.1) is 33.1 Å². The number of benzene rings is 16. The number of nitrogens with zero attached hydrogens (tertiary/aromatic N) is 3. The molecule has 145 heavy (non-hydrogen) atoms. The average molecular weight is 1900 g/mol. The number of para-hydroxylation sites is 2. The van der Waals surface area contributed by atoms with Crippen LogP contribution in [0, 0.1) is 0 Å². The van der Waals surface area contributed by atoms with Crippen molar-refractivity contribution in [2.45, 2.75) is 300 Å². The fourth-order valence-corrected chi connectivity index (χ4v) is 23.4. The molecule has 2 aliphatic carbocycles. The molecule has 3 nitrogen and oxygen atoms in total. The maximum Gasteiger partial charge on any atom is 0.0547 e. The summed E-state index contributed by atoms with van der Waals surface area (Å²) in [6.45, 7) is 77.5. The molecule has 0 bridgehead atoms. The van der Waals surface area contributed by atoms with E-state index in [4.69, 9.17) is 0 Å². The fourth-order valence-electron chi connectivity index (χ4n) is 23.4. The number of aromatic nitrogens is 3. The van der Waals surface area contributed by atoms with E-state index < -0.39 is 0 Å². The molecular weight excluding hydrogens is 1750 g/mol. The molecule has 3 heteroatoms. The van der Waals surface area contributed by atoms with Crippen molar-refractivity contribution in [3.8, 4) is 72.7 Å². The Morgan fingerprint density at radius 1 is 0.152 bits per heavy atom. The van der Waals surface area contributed by atoms with Crippen molar-refractivity contribution >= 4 is 65.4 Å². The zero-order chi connectivity index (χ0) is 104. The van der Waals surface area contributed by atoms with Gasteiger partial charge in [-0.1, -0.05) is 483 Å². The Hall–Kier alpha value is -13.1. The van der Waals surface area contributed by atoms with Gasteiger partial charge in [0.1, 0.15) is 0 Å². The number of hydrogen-bond donors (Lipinski definition) is 0. The third-order valence-electron chi connectivity index (χ3n) is 31.3.